The van der Waals surface area contributed by atoms with Crippen LogP contribution in [-0.4, -0.2) is 71.8 Å². The zero-order valence-corrected chi connectivity index (χ0v) is 26.9. The number of thioether (sulfide) groups is 1. The summed E-state index contributed by atoms with van der Waals surface area (Å²) in [7, 11) is 0. The third-order valence-corrected chi connectivity index (χ3v) is 8.91. The van der Waals surface area contributed by atoms with Gasteiger partial charge in [-0.1, -0.05) is 86.3 Å². The van der Waals surface area contributed by atoms with Crippen molar-refractivity contribution >= 4 is 46.0 Å². The number of nitrogens with zero attached hydrogens (tertiary/aromatic N) is 5. The van der Waals surface area contributed by atoms with Crippen LogP contribution < -0.4 is 0 Å². The van der Waals surface area contributed by atoms with Gasteiger partial charge in [-0.25, -0.2) is 10.0 Å². The maximum atomic E-state index is 14.8. The van der Waals surface area contributed by atoms with Crippen molar-refractivity contribution in [2.24, 2.45) is 10.9 Å². The minimum atomic E-state index is -1.07. The number of pyridine rings is 1. The number of Topliss-reactive ketones (excluding diaryl/α,β-unsaturated/α-hetero) is 1. The Hall–Kier alpha value is -4.57. The normalized spacial score (nSPS) is 18.4. The number of amides is 3. The van der Waals surface area contributed by atoms with Crippen molar-refractivity contribution in [3.8, 4) is 0 Å². The SMILES string of the molecule is CC(=O)N([C@@H](Cc1ccccc1)C(=O)C1=NCC(C)(C)S1)N1C(=O)[C@@H](C(C)C)N(C(=O)c2ccncc2)C=C1c1ccccc1. The van der Waals surface area contributed by atoms with Gasteiger partial charge in [0.1, 0.15) is 17.1 Å². The van der Waals surface area contributed by atoms with E-state index in [-0.39, 0.29) is 28.8 Å². The van der Waals surface area contributed by atoms with E-state index in [1.54, 1.807) is 18.3 Å². The standard InChI is InChI=1S/C35H37N5O4S/c1-23(2)30-34(44)40(29(26-14-10-7-11-15-26)21-38(30)33(43)27-16-18-36-19-17-27)39(24(3)41)28(20-25-12-8-6-9-13-25)31(42)32-37-22-35(4,5)45-32/h6-19,21,23,28,30H,20,22H2,1-5H3/t28-,30+/m0/s1. The molecular weight excluding hydrogens is 586 g/mol. The fourth-order valence-corrected chi connectivity index (χ4v) is 6.60. The van der Waals surface area contributed by atoms with Gasteiger partial charge in [-0.05, 0) is 37.5 Å². The highest BCUT2D eigenvalue weighted by Gasteiger charge is 2.47. The highest BCUT2D eigenvalue weighted by Crippen LogP contribution is 2.36. The summed E-state index contributed by atoms with van der Waals surface area (Å²) in [5.74, 6) is -2.01. The first-order valence-corrected chi connectivity index (χ1v) is 15.8. The van der Waals surface area contributed by atoms with Crippen LogP contribution in [-0.2, 0) is 20.8 Å². The Bertz CT molecular complexity index is 1640. The molecule has 3 heterocycles. The molecule has 0 saturated heterocycles. The first kappa shape index (κ1) is 31.8. The summed E-state index contributed by atoms with van der Waals surface area (Å²) in [6.07, 6.45) is 4.84. The number of rotatable bonds is 9. The summed E-state index contributed by atoms with van der Waals surface area (Å²) < 4.78 is -0.268. The molecule has 1 aromatic heterocycles. The Labute approximate surface area is 268 Å². The van der Waals surface area contributed by atoms with Gasteiger partial charge in [0.15, 0.2) is 0 Å². The Balaban J connectivity index is 1.69. The lowest BCUT2D eigenvalue weighted by Crippen LogP contribution is -2.64. The van der Waals surface area contributed by atoms with Gasteiger partial charge in [0.25, 0.3) is 11.8 Å². The van der Waals surface area contributed by atoms with Crippen molar-refractivity contribution in [2.45, 2.75) is 57.9 Å². The van der Waals surface area contributed by atoms with Gasteiger partial charge in [-0.2, -0.15) is 0 Å². The lowest BCUT2D eigenvalue weighted by atomic mass is 9.96. The van der Waals surface area contributed by atoms with Crippen LogP contribution in [0.15, 0.2) is 96.4 Å². The van der Waals surface area contributed by atoms with Crippen LogP contribution in [0.3, 0.4) is 0 Å². The number of aliphatic imine (C=N–C) groups is 1. The largest absolute Gasteiger partial charge is 0.300 e. The number of hydrogen-bond acceptors (Lipinski definition) is 7. The monoisotopic (exact) mass is 623 g/mol. The Morgan fingerprint density at radius 3 is 2.16 bits per heavy atom. The Morgan fingerprint density at radius 1 is 0.978 bits per heavy atom. The van der Waals surface area contributed by atoms with E-state index in [1.807, 2.05) is 88.4 Å². The molecule has 3 amide bonds. The molecule has 0 bridgehead atoms. The smallest absolute Gasteiger partial charge is 0.269 e. The predicted octanol–water partition coefficient (Wildman–Crippen LogP) is 5.26. The minimum absolute atomic E-state index is 0.164. The molecule has 2 aliphatic heterocycles. The molecule has 0 radical (unpaired) electrons. The van der Waals surface area contributed by atoms with Crippen molar-refractivity contribution in [2.75, 3.05) is 6.54 Å². The van der Waals surface area contributed by atoms with Crippen molar-refractivity contribution in [3.05, 3.63) is 108 Å². The number of hydrazine groups is 1. The van der Waals surface area contributed by atoms with E-state index in [0.717, 1.165) is 5.56 Å². The third-order valence-electron chi connectivity index (χ3n) is 7.71. The molecule has 2 atom stereocenters. The molecule has 0 aliphatic carbocycles. The van der Waals surface area contributed by atoms with Crippen LogP contribution in [0, 0.1) is 5.92 Å². The van der Waals surface area contributed by atoms with Crippen molar-refractivity contribution < 1.29 is 19.2 Å². The number of benzene rings is 2. The summed E-state index contributed by atoms with van der Waals surface area (Å²) in [6.45, 7) is 9.56. The zero-order chi connectivity index (χ0) is 32.3. The molecule has 0 spiro atoms. The Morgan fingerprint density at radius 2 is 1.60 bits per heavy atom. The van der Waals surface area contributed by atoms with Gasteiger partial charge in [-0.3, -0.25) is 34.1 Å². The maximum Gasteiger partial charge on any atom is 0.269 e. The van der Waals surface area contributed by atoms with E-state index in [1.165, 1.54) is 46.0 Å². The molecule has 10 heteroatoms. The quantitative estimate of drug-likeness (QED) is 0.322. The number of ketones is 1. The third kappa shape index (κ3) is 6.76. The summed E-state index contributed by atoms with van der Waals surface area (Å²) in [6, 6.07) is 19.7. The molecule has 2 aliphatic rings. The molecule has 0 saturated carbocycles. The van der Waals surface area contributed by atoms with E-state index in [0.29, 0.717) is 28.4 Å². The van der Waals surface area contributed by atoms with Crippen LogP contribution in [0.5, 0.6) is 0 Å². The molecule has 0 N–H and O–H groups in total. The van der Waals surface area contributed by atoms with Gasteiger partial charge in [0.2, 0.25) is 11.7 Å². The average Bonchev–Trinajstić information content (AvgIpc) is 3.40. The molecule has 0 fully saturated rings. The second kappa shape index (κ2) is 13.2. The van der Waals surface area contributed by atoms with E-state index in [9.17, 15) is 19.2 Å². The van der Waals surface area contributed by atoms with Gasteiger partial charge in [-0.15, -0.1) is 0 Å². The van der Waals surface area contributed by atoms with Crippen LogP contribution in [0.2, 0.25) is 0 Å². The van der Waals surface area contributed by atoms with Crippen LogP contribution in [0.1, 0.15) is 56.1 Å². The fraction of sp³-hybridized carbons (Fsp3) is 0.314. The molecule has 0 unspecified atom stereocenters. The predicted molar refractivity (Wildman–Crippen MR) is 176 cm³/mol. The van der Waals surface area contributed by atoms with E-state index in [2.05, 4.69) is 9.98 Å². The first-order chi connectivity index (χ1) is 21.5. The molecule has 3 aromatic rings. The second-order valence-electron chi connectivity index (χ2n) is 12.1. The second-order valence-corrected chi connectivity index (χ2v) is 13.8. The van der Waals surface area contributed by atoms with E-state index in [4.69, 9.17) is 0 Å². The molecular formula is C35H37N5O4S. The van der Waals surface area contributed by atoms with Crippen molar-refractivity contribution in [3.63, 3.8) is 0 Å². The molecule has 45 heavy (non-hydrogen) atoms. The fourth-order valence-electron chi connectivity index (χ4n) is 5.58. The molecule has 232 valence electrons. The lowest BCUT2D eigenvalue weighted by molar-refractivity contribution is -0.165. The lowest BCUT2D eigenvalue weighted by Gasteiger charge is -2.47. The van der Waals surface area contributed by atoms with Gasteiger partial charge in [0, 0.05) is 47.8 Å². The summed E-state index contributed by atoms with van der Waals surface area (Å²) in [4.78, 5) is 66.9. The number of aromatic nitrogens is 1. The van der Waals surface area contributed by atoms with E-state index < -0.39 is 23.9 Å². The average molecular weight is 624 g/mol. The highest BCUT2D eigenvalue weighted by molar-refractivity contribution is 8.17. The summed E-state index contributed by atoms with van der Waals surface area (Å²) in [5, 5.41) is 2.92. The van der Waals surface area contributed by atoms with Crippen LogP contribution in [0.25, 0.3) is 5.70 Å². The number of carbonyl (C=O) groups is 4. The summed E-state index contributed by atoms with van der Waals surface area (Å²) >= 11 is 1.38. The number of hydrogen-bond donors (Lipinski definition) is 0. The van der Waals surface area contributed by atoms with Crippen LogP contribution in [0.4, 0.5) is 0 Å². The minimum Gasteiger partial charge on any atom is -0.300 e. The van der Waals surface area contributed by atoms with Gasteiger partial charge >= 0.3 is 0 Å². The molecule has 9 nitrogen and oxygen atoms in total. The Kier molecular flexibility index (Phi) is 9.34. The summed E-state index contributed by atoms with van der Waals surface area (Å²) in [5.41, 5.74) is 2.11. The number of carbonyl (C=O) groups excluding carboxylic acids is 4. The molecule has 2 aromatic carbocycles. The van der Waals surface area contributed by atoms with Crippen molar-refractivity contribution in [1.29, 1.82) is 0 Å². The maximum absolute atomic E-state index is 14.8. The molecule has 5 rings (SSSR count). The zero-order valence-electron chi connectivity index (χ0n) is 26.1. The first-order valence-electron chi connectivity index (χ1n) is 14.9. The van der Waals surface area contributed by atoms with Gasteiger partial charge in [0.05, 0.1) is 12.2 Å². The topological polar surface area (TPSA) is 103 Å². The highest BCUT2D eigenvalue weighted by atomic mass is 32.2. The van der Waals surface area contributed by atoms with Crippen LogP contribution >= 0.6 is 11.8 Å². The van der Waals surface area contributed by atoms with Crippen molar-refractivity contribution in [1.82, 2.24) is 19.9 Å². The van der Waals surface area contributed by atoms with Gasteiger partial charge < -0.3 is 0 Å². The van der Waals surface area contributed by atoms with E-state index >= 15 is 0 Å².